The van der Waals surface area contributed by atoms with Crippen LogP contribution < -0.4 is 11.5 Å². The van der Waals surface area contributed by atoms with Crippen molar-refractivity contribution < 1.29 is 0 Å². The molecule has 1 aromatic heterocycles. The first kappa shape index (κ1) is 7.78. The van der Waals surface area contributed by atoms with E-state index in [0.717, 1.165) is 17.9 Å². The number of nitrogens with zero attached hydrogens (tertiary/aromatic N) is 2. The Morgan fingerprint density at radius 1 is 1.27 bits per heavy atom. The molecular formula is C7H12N4. The van der Waals surface area contributed by atoms with Crippen molar-refractivity contribution in [3.8, 4) is 0 Å². The summed E-state index contributed by atoms with van der Waals surface area (Å²) in [6.07, 6.45) is 0.783. The SMILES string of the molecule is CCc1nc(C)c(N)c(N)n1. The van der Waals surface area contributed by atoms with E-state index in [4.69, 9.17) is 11.5 Å². The van der Waals surface area contributed by atoms with Crippen molar-refractivity contribution in [1.82, 2.24) is 9.97 Å². The van der Waals surface area contributed by atoms with Crippen molar-refractivity contribution >= 4 is 11.5 Å². The van der Waals surface area contributed by atoms with Gasteiger partial charge >= 0.3 is 0 Å². The molecule has 0 saturated heterocycles. The zero-order chi connectivity index (χ0) is 8.43. The maximum atomic E-state index is 5.56. The van der Waals surface area contributed by atoms with Gasteiger partial charge in [0.2, 0.25) is 0 Å². The minimum absolute atomic E-state index is 0.384. The molecule has 0 aromatic carbocycles. The summed E-state index contributed by atoms with van der Waals surface area (Å²) in [5.41, 5.74) is 12.3. The topological polar surface area (TPSA) is 77.8 Å². The molecule has 4 heteroatoms. The fourth-order valence-electron chi connectivity index (χ4n) is 0.822. The van der Waals surface area contributed by atoms with Crippen LogP contribution in [0.4, 0.5) is 11.5 Å². The van der Waals surface area contributed by atoms with Gasteiger partial charge in [-0.25, -0.2) is 9.97 Å². The Labute approximate surface area is 65.6 Å². The third kappa shape index (κ3) is 1.39. The van der Waals surface area contributed by atoms with E-state index in [2.05, 4.69) is 9.97 Å². The van der Waals surface area contributed by atoms with Crippen LogP contribution in [-0.4, -0.2) is 9.97 Å². The van der Waals surface area contributed by atoms with Gasteiger partial charge in [-0.05, 0) is 6.92 Å². The second-order valence-electron chi connectivity index (χ2n) is 2.38. The Kier molecular flexibility index (Phi) is 1.94. The zero-order valence-corrected chi connectivity index (χ0v) is 6.76. The molecule has 1 rings (SSSR count). The average Bonchev–Trinajstić information content (AvgIpc) is 1.99. The summed E-state index contributed by atoms with van der Waals surface area (Å²) in [7, 11) is 0. The Bertz CT molecular complexity index is 246. The first-order chi connectivity index (χ1) is 5.15. The van der Waals surface area contributed by atoms with E-state index in [1.54, 1.807) is 0 Å². The molecule has 0 aliphatic carbocycles. The summed E-state index contributed by atoms with van der Waals surface area (Å²) in [6.45, 7) is 3.80. The molecule has 0 aliphatic rings. The molecular weight excluding hydrogens is 140 g/mol. The van der Waals surface area contributed by atoms with Crippen molar-refractivity contribution in [3.63, 3.8) is 0 Å². The van der Waals surface area contributed by atoms with Crippen LogP contribution in [-0.2, 0) is 6.42 Å². The Hall–Kier alpha value is -1.32. The van der Waals surface area contributed by atoms with Gasteiger partial charge in [0.25, 0.3) is 0 Å². The summed E-state index contributed by atoms with van der Waals surface area (Å²) in [5.74, 6) is 1.13. The smallest absolute Gasteiger partial charge is 0.150 e. The Balaban J connectivity index is 3.21. The molecule has 1 heterocycles. The minimum Gasteiger partial charge on any atom is -0.394 e. The van der Waals surface area contributed by atoms with E-state index in [1.807, 2.05) is 13.8 Å². The summed E-state index contributed by atoms with van der Waals surface area (Å²) in [6, 6.07) is 0. The molecule has 0 aliphatic heterocycles. The summed E-state index contributed by atoms with van der Waals surface area (Å²) in [4.78, 5) is 8.13. The molecule has 0 saturated carbocycles. The van der Waals surface area contributed by atoms with Gasteiger partial charge in [0.15, 0.2) is 5.82 Å². The van der Waals surface area contributed by atoms with E-state index in [9.17, 15) is 0 Å². The number of nitrogen functional groups attached to an aromatic ring is 2. The molecule has 4 nitrogen and oxygen atoms in total. The fourth-order valence-corrected chi connectivity index (χ4v) is 0.822. The lowest BCUT2D eigenvalue weighted by Crippen LogP contribution is -2.05. The zero-order valence-electron chi connectivity index (χ0n) is 6.76. The lowest BCUT2D eigenvalue weighted by molar-refractivity contribution is 0.926. The van der Waals surface area contributed by atoms with Gasteiger partial charge in [0.05, 0.1) is 11.4 Å². The average molecular weight is 152 g/mol. The van der Waals surface area contributed by atoms with E-state index < -0.39 is 0 Å². The summed E-state index contributed by atoms with van der Waals surface area (Å²) in [5, 5.41) is 0. The van der Waals surface area contributed by atoms with E-state index in [1.165, 1.54) is 0 Å². The van der Waals surface area contributed by atoms with Crippen molar-refractivity contribution in [3.05, 3.63) is 11.5 Å². The lowest BCUT2D eigenvalue weighted by Gasteiger charge is -2.03. The highest BCUT2D eigenvalue weighted by Crippen LogP contribution is 2.14. The van der Waals surface area contributed by atoms with Crippen LogP contribution in [0.3, 0.4) is 0 Å². The number of aryl methyl sites for hydroxylation is 2. The van der Waals surface area contributed by atoms with Crippen LogP contribution >= 0.6 is 0 Å². The number of anilines is 2. The van der Waals surface area contributed by atoms with Gasteiger partial charge in [0.1, 0.15) is 5.82 Å². The van der Waals surface area contributed by atoms with Crippen LogP contribution in [0.25, 0.3) is 0 Å². The molecule has 0 amide bonds. The second-order valence-corrected chi connectivity index (χ2v) is 2.38. The maximum absolute atomic E-state index is 5.56. The number of hydrogen-bond acceptors (Lipinski definition) is 4. The largest absolute Gasteiger partial charge is 0.394 e. The highest BCUT2D eigenvalue weighted by molar-refractivity contribution is 5.60. The van der Waals surface area contributed by atoms with Gasteiger partial charge < -0.3 is 11.5 Å². The van der Waals surface area contributed by atoms with E-state index >= 15 is 0 Å². The van der Waals surface area contributed by atoms with Crippen LogP contribution in [0.1, 0.15) is 18.4 Å². The number of aromatic nitrogens is 2. The second kappa shape index (κ2) is 2.74. The quantitative estimate of drug-likeness (QED) is 0.614. The molecule has 60 valence electrons. The van der Waals surface area contributed by atoms with Crippen molar-refractivity contribution in [2.75, 3.05) is 11.5 Å². The molecule has 11 heavy (non-hydrogen) atoms. The summed E-state index contributed by atoms with van der Waals surface area (Å²) < 4.78 is 0. The monoisotopic (exact) mass is 152 g/mol. The molecule has 0 unspecified atom stereocenters. The van der Waals surface area contributed by atoms with Gasteiger partial charge in [-0.2, -0.15) is 0 Å². The van der Waals surface area contributed by atoms with Crippen LogP contribution in [0.2, 0.25) is 0 Å². The van der Waals surface area contributed by atoms with Crippen molar-refractivity contribution in [2.45, 2.75) is 20.3 Å². The van der Waals surface area contributed by atoms with Crippen LogP contribution in [0.15, 0.2) is 0 Å². The molecule has 0 fully saturated rings. The fraction of sp³-hybridized carbons (Fsp3) is 0.429. The number of nitrogens with two attached hydrogens (primary N) is 2. The molecule has 1 aromatic rings. The van der Waals surface area contributed by atoms with Gasteiger partial charge in [0, 0.05) is 6.42 Å². The summed E-state index contributed by atoms with van der Waals surface area (Å²) >= 11 is 0. The van der Waals surface area contributed by atoms with Gasteiger partial charge in [-0.3, -0.25) is 0 Å². The molecule has 0 atom stereocenters. The lowest BCUT2D eigenvalue weighted by atomic mass is 10.3. The third-order valence-electron chi connectivity index (χ3n) is 1.53. The van der Waals surface area contributed by atoms with Crippen molar-refractivity contribution in [1.29, 1.82) is 0 Å². The number of hydrogen-bond donors (Lipinski definition) is 2. The molecule has 0 radical (unpaired) electrons. The normalized spacial score (nSPS) is 10.0. The highest BCUT2D eigenvalue weighted by atomic mass is 15.0. The van der Waals surface area contributed by atoms with Crippen molar-refractivity contribution in [2.24, 2.45) is 0 Å². The maximum Gasteiger partial charge on any atom is 0.150 e. The third-order valence-corrected chi connectivity index (χ3v) is 1.53. The first-order valence-electron chi connectivity index (χ1n) is 3.53. The predicted molar refractivity (Wildman–Crippen MR) is 45.0 cm³/mol. The minimum atomic E-state index is 0.384. The highest BCUT2D eigenvalue weighted by Gasteiger charge is 2.02. The molecule has 0 bridgehead atoms. The molecule has 0 spiro atoms. The Morgan fingerprint density at radius 2 is 1.91 bits per heavy atom. The first-order valence-corrected chi connectivity index (χ1v) is 3.53. The Morgan fingerprint density at radius 3 is 2.36 bits per heavy atom. The van der Waals surface area contributed by atoms with E-state index in [0.29, 0.717) is 11.5 Å². The molecule has 4 N–H and O–H groups in total. The van der Waals surface area contributed by atoms with Crippen LogP contribution in [0.5, 0.6) is 0 Å². The standard InChI is InChI=1S/C7H12N4/c1-3-5-10-4(2)6(8)7(9)11-5/h3,8H2,1-2H3,(H2,9,10,11). The van der Waals surface area contributed by atoms with Gasteiger partial charge in [-0.15, -0.1) is 0 Å². The predicted octanol–water partition coefficient (Wildman–Crippen LogP) is 0.512. The van der Waals surface area contributed by atoms with E-state index in [-0.39, 0.29) is 0 Å². The van der Waals surface area contributed by atoms with Gasteiger partial charge in [-0.1, -0.05) is 6.92 Å². The number of rotatable bonds is 1. The van der Waals surface area contributed by atoms with Crippen LogP contribution in [0, 0.1) is 6.92 Å².